The summed E-state index contributed by atoms with van der Waals surface area (Å²) in [6.45, 7) is 5.18. The van der Waals surface area contributed by atoms with Gasteiger partial charge in [0.05, 0.1) is 15.9 Å². The first kappa shape index (κ1) is 27.3. The highest BCUT2D eigenvalue weighted by atomic mass is 32.2. The van der Waals surface area contributed by atoms with Crippen molar-refractivity contribution in [3.8, 4) is 0 Å². The van der Waals surface area contributed by atoms with E-state index < -0.39 is 27.2 Å². The van der Waals surface area contributed by atoms with Crippen molar-refractivity contribution in [3.63, 3.8) is 0 Å². The third-order valence-electron chi connectivity index (χ3n) is 7.10. The van der Waals surface area contributed by atoms with E-state index in [1.807, 2.05) is 19.9 Å². The van der Waals surface area contributed by atoms with Crippen LogP contribution >= 0.6 is 0 Å². The van der Waals surface area contributed by atoms with Gasteiger partial charge in [0.15, 0.2) is 0 Å². The van der Waals surface area contributed by atoms with Gasteiger partial charge >= 0.3 is 0 Å². The van der Waals surface area contributed by atoms with E-state index in [1.54, 1.807) is 23.1 Å². The predicted molar refractivity (Wildman–Crippen MR) is 139 cm³/mol. The lowest BCUT2D eigenvalue weighted by atomic mass is 9.72. The molecule has 1 saturated heterocycles. The molecule has 38 heavy (non-hydrogen) atoms. The molecule has 0 saturated carbocycles. The molecule has 11 heteroatoms. The van der Waals surface area contributed by atoms with Crippen molar-refractivity contribution in [2.45, 2.75) is 37.0 Å². The lowest BCUT2D eigenvalue weighted by molar-refractivity contribution is 0.0771. The maximum absolute atomic E-state index is 13.4. The van der Waals surface area contributed by atoms with Crippen molar-refractivity contribution in [1.82, 2.24) is 19.2 Å². The van der Waals surface area contributed by atoms with Crippen molar-refractivity contribution in [1.29, 1.82) is 0 Å². The highest BCUT2D eigenvalue weighted by Gasteiger charge is 2.43. The lowest BCUT2D eigenvalue weighted by Gasteiger charge is -2.40. The van der Waals surface area contributed by atoms with Gasteiger partial charge < -0.3 is 10.6 Å². The first-order valence-electron chi connectivity index (χ1n) is 12.4. The molecule has 0 atom stereocenters. The number of primary amides is 1. The molecule has 0 aliphatic carbocycles. The van der Waals surface area contributed by atoms with Crippen molar-refractivity contribution in [3.05, 3.63) is 89.3 Å². The predicted octanol–water partition coefficient (Wildman–Crippen LogP) is 2.97. The summed E-state index contributed by atoms with van der Waals surface area (Å²) < 4.78 is 41.2. The first-order valence-corrected chi connectivity index (χ1v) is 13.8. The zero-order chi connectivity index (χ0) is 27.5. The van der Waals surface area contributed by atoms with Crippen LogP contribution in [0.25, 0.3) is 0 Å². The van der Waals surface area contributed by atoms with Crippen LogP contribution in [0.5, 0.6) is 0 Å². The maximum atomic E-state index is 13.4. The Bertz CT molecular complexity index is 1420. The largest absolute Gasteiger partial charge is 0.366 e. The van der Waals surface area contributed by atoms with E-state index in [4.69, 9.17) is 5.73 Å². The molecule has 1 aromatic heterocycles. The number of sulfonamides is 1. The molecule has 0 bridgehead atoms. The second-order valence-corrected chi connectivity index (χ2v) is 11.1. The molecule has 2 N–H and O–H groups in total. The van der Waals surface area contributed by atoms with Gasteiger partial charge in [-0.3, -0.25) is 9.59 Å². The van der Waals surface area contributed by atoms with Gasteiger partial charge in [-0.25, -0.2) is 22.8 Å². The van der Waals surface area contributed by atoms with E-state index in [1.165, 1.54) is 28.8 Å². The molecular formula is C27H30FN5O4S. The minimum absolute atomic E-state index is 0.0117. The quantitative estimate of drug-likeness (QED) is 0.469. The standard InChI is InChI=1S/C27H30FN5O4S/c1-3-32(4-2)25(35)20-17-30-26(31-18-20)27(21-7-5-6-19(16-21)24(29)34)12-14-33(15-13-27)38(36,37)23-10-8-22(28)9-11-23/h5-11,16-18H,3-4,12-15H2,1-2H3,(H2,29,34). The van der Waals surface area contributed by atoms with Crippen molar-refractivity contribution < 1.29 is 22.4 Å². The van der Waals surface area contributed by atoms with Crippen molar-refractivity contribution in [2.24, 2.45) is 5.73 Å². The molecule has 2 amide bonds. The van der Waals surface area contributed by atoms with E-state index >= 15 is 0 Å². The molecular weight excluding hydrogens is 509 g/mol. The normalized spacial score (nSPS) is 15.7. The third-order valence-corrected chi connectivity index (χ3v) is 9.02. The first-order chi connectivity index (χ1) is 18.1. The molecule has 1 aliphatic rings. The maximum Gasteiger partial charge on any atom is 0.256 e. The fourth-order valence-corrected chi connectivity index (χ4v) is 6.30. The Kier molecular flexibility index (Phi) is 7.89. The Morgan fingerprint density at radius 2 is 1.61 bits per heavy atom. The number of halogens is 1. The number of carbonyl (C=O) groups excluding carboxylic acids is 2. The molecule has 2 heterocycles. The fourth-order valence-electron chi connectivity index (χ4n) is 4.85. The average Bonchev–Trinajstić information content (AvgIpc) is 2.94. The van der Waals surface area contributed by atoms with Crippen LogP contribution in [0.3, 0.4) is 0 Å². The molecule has 1 aliphatic heterocycles. The SMILES string of the molecule is CCN(CC)C(=O)c1cnc(C2(c3cccc(C(N)=O)c3)CCN(S(=O)(=O)c3ccc(F)cc3)CC2)nc1. The summed E-state index contributed by atoms with van der Waals surface area (Å²) in [5, 5.41) is 0. The summed E-state index contributed by atoms with van der Waals surface area (Å²) in [6, 6.07) is 11.6. The molecule has 1 fully saturated rings. The average molecular weight is 540 g/mol. The number of rotatable bonds is 8. The summed E-state index contributed by atoms with van der Waals surface area (Å²) in [4.78, 5) is 35.5. The number of aromatic nitrogens is 2. The van der Waals surface area contributed by atoms with Gasteiger partial charge in [0, 0.05) is 44.1 Å². The molecule has 3 aromatic rings. The molecule has 4 rings (SSSR count). The van der Waals surface area contributed by atoms with Crippen LogP contribution < -0.4 is 5.73 Å². The minimum atomic E-state index is -3.85. The van der Waals surface area contributed by atoms with Crippen molar-refractivity contribution >= 4 is 21.8 Å². The number of piperidine rings is 1. The van der Waals surface area contributed by atoms with Crippen LogP contribution in [-0.2, 0) is 15.4 Å². The van der Waals surface area contributed by atoms with Gasteiger partial charge in [0.2, 0.25) is 15.9 Å². The number of amides is 2. The van der Waals surface area contributed by atoms with Gasteiger partial charge in [-0.1, -0.05) is 12.1 Å². The molecule has 0 unspecified atom stereocenters. The Morgan fingerprint density at radius 1 is 1.00 bits per heavy atom. The molecule has 9 nitrogen and oxygen atoms in total. The third kappa shape index (κ3) is 5.16. The molecule has 0 radical (unpaired) electrons. The summed E-state index contributed by atoms with van der Waals surface area (Å²) in [5.41, 5.74) is 6.11. The Hall–Kier alpha value is -3.70. The summed E-state index contributed by atoms with van der Waals surface area (Å²) in [7, 11) is -3.85. The number of hydrogen-bond acceptors (Lipinski definition) is 6. The zero-order valence-electron chi connectivity index (χ0n) is 21.3. The van der Waals surface area contributed by atoms with E-state index in [0.717, 1.165) is 17.7 Å². The van der Waals surface area contributed by atoms with E-state index in [-0.39, 0.29) is 23.9 Å². The second kappa shape index (κ2) is 11.0. The Labute approximate surface area is 221 Å². The monoisotopic (exact) mass is 539 g/mol. The number of nitrogens with zero attached hydrogens (tertiary/aromatic N) is 4. The van der Waals surface area contributed by atoms with Crippen LogP contribution in [0, 0.1) is 5.82 Å². The van der Waals surface area contributed by atoms with Crippen LogP contribution in [0.15, 0.2) is 65.8 Å². The molecule has 2 aromatic carbocycles. The van der Waals surface area contributed by atoms with E-state index in [0.29, 0.717) is 42.9 Å². The smallest absolute Gasteiger partial charge is 0.256 e. The molecule has 200 valence electrons. The zero-order valence-corrected chi connectivity index (χ0v) is 22.1. The Morgan fingerprint density at radius 3 is 2.16 bits per heavy atom. The number of carbonyl (C=O) groups is 2. The second-order valence-electron chi connectivity index (χ2n) is 9.16. The molecule has 0 spiro atoms. The Balaban J connectivity index is 1.70. The highest BCUT2D eigenvalue weighted by molar-refractivity contribution is 7.89. The van der Waals surface area contributed by atoms with Gasteiger partial charge in [-0.2, -0.15) is 4.31 Å². The minimum Gasteiger partial charge on any atom is -0.366 e. The van der Waals surface area contributed by atoms with Crippen LogP contribution in [0.1, 0.15) is 58.8 Å². The van der Waals surface area contributed by atoms with E-state index in [2.05, 4.69) is 9.97 Å². The van der Waals surface area contributed by atoms with Gasteiger partial charge in [-0.05, 0) is 68.7 Å². The number of benzene rings is 2. The summed E-state index contributed by atoms with van der Waals surface area (Å²) >= 11 is 0. The fraction of sp³-hybridized carbons (Fsp3) is 0.333. The summed E-state index contributed by atoms with van der Waals surface area (Å²) in [5.74, 6) is -0.851. The number of hydrogen-bond donors (Lipinski definition) is 1. The highest BCUT2D eigenvalue weighted by Crippen LogP contribution is 2.41. The lowest BCUT2D eigenvalue weighted by Crippen LogP contribution is -2.46. The topological polar surface area (TPSA) is 127 Å². The van der Waals surface area contributed by atoms with Crippen LogP contribution in [-0.4, -0.2) is 65.6 Å². The van der Waals surface area contributed by atoms with Crippen LogP contribution in [0.2, 0.25) is 0 Å². The van der Waals surface area contributed by atoms with Crippen LogP contribution in [0.4, 0.5) is 4.39 Å². The number of nitrogens with two attached hydrogens (primary N) is 1. The van der Waals surface area contributed by atoms with E-state index in [9.17, 15) is 22.4 Å². The van der Waals surface area contributed by atoms with Gasteiger partial charge in [0.25, 0.3) is 5.91 Å². The summed E-state index contributed by atoms with van der Waals surface area (Å²) in [6.07, 6.45) is 3.62. The van der Waals surface area contributed by atoms with Gasteiger partial charge in [0.1, 0.15) is 11.6 Å². The van der Waals surface area contributed by atoms with Crippen molar-refractivity contribution in [2.75, 3.05) is 26.2 Å². The van der Waals surface area contributed by atoms with Gasteiger partial charge in [-0.15, -0.1) is 0 Å².